The van der Waals surface area contributed by atoms with Crippen molar-refractivity contribution in [2.24, 2.45) is 0 Å². The SMILES string of the molecule is CC(C)NCc1ccnc(N2CCn3cnnc3C2)c1. The highest BCUT2D eigenvalue weighted by molar-refractivity contribution is 5.41. The van der Waals surface area contributed by atoms with Crippen molar-refractivity contribution in [2.75, 3.05) is 11.4 Å². The van der Waals surface area contributed by atoms with Gasteiger partial charge in [-0.25, -0.2) is 4.98 Å². The third kappa shape index (κ3) is 2.80. The number of hydrogen-bond acceptors (Lipinski definition) is 5. The summed E-state index contributed by atoms with van der Waals surface area (Å²) in [6.07, 6.45) is 3.68. The molecule has 0 spiro atoms. The maximum absolute atomic E-state index is 4.49. The van der Waals surface area contributed by atoms with Gasteiger partial charge in [-0.1, -0.05) is 13.8 Å². The molecule has 0 aliphatic carbocycles. The van der Waals surface area contributed by atoms with Crippen molar-refractivity contribution in [1.82, 2.24) is 25.1 Å². The van der Waals surface area contributed by atoms with E-state index >= 15 is 0 Å². The highest BCUT2D eigenvalue weighted by atomic mass is 15.3. The number of nitrogens with one attached hydrogen (secondary N) is 1. The quantitative estimate of drug-likeness (QED) is 0.906. The van der Waals surface area contributed by atoms with Crippen molar-refractivity contribution in [3.63, 3.8) is 0 Å². The minimum absolute atomic E-state index is 0.486. The first-order valence-electron chi connectivity index (χ1n) is 7.02. The molecule has 1 aliphatic rings. The Hall–Kier alpha value is -1.95. The van der Waals surface area contributed by atoms with E-state index in [2.05, 4.69) is 55.9 Å². The summed E-state index contributed by atoms with van der Waals surface area (Å²) in [5.41, 5.74) is 1.26. The fourth-order valence-corrected chi connectivity index (χ4v) is 2.33. The molecule has 2 aromatic rings. The van der Waals surface area contributed by atoms with Crippen LogP contribution in [0.15, 0.2) is 24.7 Å². The molecule has 2 aromatic heterocycles. The second-order valence-electron chi connectivity index (χ2n) is 5.42. The Labute approximate surface area is 118 Å². The lowest BCUT2D eigenvalue weighted by molar-refractivity contribution is 0.555. The van der Waals surface area contributed by atoms with Crippen LogP contribution in [0.5, 0.6) is 0 Å². The number of anilines is 1. The van der Waals surface area contributed by atoms with Crippen molar-refractivity contribution in [3.05, 3.63) is 36.0 Å². The average Bonchev–Trinajstić information content (AvgIpc) is 2.93. The summed E-state index contributed by atoms with van der Waals surface area (Å²) >= 11 is 0. The molecule has 1 N–H and O–H groups in total. The van der Waals surface area contributed by atoms with Gasteiger partial charge in [0.05, 0.1) is 6.54 Å². The highest BCUT2D eigenvalue weighted by Gasteiger charge is 2.18. The molecule has 0 radical (unpaired) electrons. The molecule has 6 heteroatoms. The molecule has 106 valence electrons. The Morgan fingerprint density at radius 2 is 2.25 bits per heavy atom. The van der Waals surface area contributed by atoms with Gasteiger partial charge in [0.25, 0.3) is 0 Å². The van der Waals surface area contributed by atoms with Gasteiger partial charge in [-0.15, -0.1) is 10.2 Å². The van der Waals surface area contributed by atoms with E-state index < -0.39 is 0 Å². The third-order valence-corrected chi connectivity index (χ3v) is 3.49. The van der Waals surface area contributed by atoms with Crippen LogP contribution < -0.4 is 10.2 Å². The van der Waals surface area contributed by atoms with Crippen LogP contribution in [0.2, 0.25) is 0 Å². The van der Waals surface area contributed by atoms with E-state index in [0.717, 1.165) is 37.8 Å². The number of nitrogens with zero attached hydrogens (tertiary/aromatic N) is 5. The minimum atomic E-state index is 0.486. The number of rotatable bonds is 4. The van der Waals surface area contributed by atoms with Crippen LogP contribution >= 0.6 is 0 Å². The Kier molecular flexibility index (Phi) is 3.64. The molecule has 20 heavy (non-hydrogen) atoms. The number of pyridine rings is 1. The molecular weight excluding hydrogens is 252 g/mol. The maximum atomic E-state index is 4.49. The lowest BCUT2D eigenvalue weighted by atomic mass is 10.2. The van der Waals surface area contributed by atoms with Crippen molar-refractivity contribution < 1.29 is 0 Å². The first-order chi connectivity index (χ1) is 9.72. The predicted octanol–water partition coefficient (Wildman–Crippen LogP) is 1.19. The summed E-state index contributed by atoms with van der Waals surface area (Å²) in [6.45, 7) is 7.81. The molecule has 0 fully saturated rings. The Bertz CT molecular complexity index is 577. The summed E-state index contributed by atoms with van der Waals surface area (Å²) in [5, 5.41) is 11.5. The van der Waals surface area contributed by atoms with Gasteiger partial charge in [0, 0.05) is 31.9 Å². The van der Waals surface area contributed by atoms with Gasteiger partial charge in [0.15, 0.2) is 5.82 Å². The summed E-state index contributed by atoms with van der Waals surface area (Å²) in [5.74, 6) is 2.02. The minimum Gasteiger partial charge on any atom is -0.347 e. The zero-order valence-corrected chi connectivity index (χ0v) is 12.0. The number of hydrogen-bond donors (Lipinski definition) is 1. The van der Waals surface area contributed by atoms with Crippen molar-refractivity contribution >= 4 is 5.82 Å². The van der Waals surface area contributed by atoms with Crippen LogP contribution in [-0.2, 0) is 19.6 Å². The van der Waals surface area contributed by atoms with E-state index in [1.165, 1.54) is 5.56 Å². The first kappa shape index (κ1) is 13.1. The van der Waals surface area contributed by atoms with Gasteiger partial charge in [-0.2, -0.15) is 0 Å². The van der Waals surface area contributed by atoms with E-state index in [0.29, 0.717) is 6.04 Å². The monoisotopic (exact) mass is 272 g/mol. The van der Waals surface area contributed by atoms with Gasteiger partial charge < -0.3 is 14.8 Å². The average molecular weight is 272 g/mol. The van der Waals surface area contributed by atoms with Crippen LogP contribution in [0, 0.1) is 0 Å². The molecule has 3 rings (SSSR count). The standard InChI is InChI=1S/C14H20N6/c1-11(2)16-8-12-3-4-15-13(7-12)19-5-6-20-10-17-18-14(20)9-19/h3-4,7,10-11,16H,5-6,8-9H2,1-2H3. The van der Waals surface area contributed by atoms with Crippen LogP contribution in [-0.4, -0.2) is 32.3 Å². The molecular formula is C14H20N6. The third-order valence-electron chi connectivity index (χ3n) is 3.49. The van der Waals surface area contributed by atoms with Crippen LogP contribution in [0.1, 0.15) is 25.2 Å². The summed E-state index contributed by atoms with van der Waals surface area (Å²) in [4.78, 5) is 6.74. The Morgan fingerprint density at radius 1 is 1.35 bits per heavy atom. The largest absolute Gasteiger partial charge is 0.347 e. The fourth-order valence-electron chi connectivity index (χ4n) is 2.33. The smallest absolute Gasteiger partial charge is 0.152 e. The topological polar surface area (TPSA) is 58.9 Å². The molecule has 0 bridgehead atoms. The molecule has 0 atom stereocenters. The normalized spacial score (nSPS) is 14.7. The lowest BCUT2D eigenvalue weighted by Gasteiger charge is -2.28. The molecule has 0 unspecified atom stereocenters. The highest BCUT2D eigenvalue weighted by Crippen LogP contribution is 2.18. The summed E-state index contributed by atoms with van der Waals surface area (Å²) in [6, 6.07) is 4.70. The maximum Gasteiger partial charge on any atom is 0.152 e. The Morgan fingerprint density at radius 3 is 3.10 bits per heavy atom. The zero-order chi connectivity index (χ0) is 13.9. The van der Waals surface area contributed by atoms with Gasteiger partial charge in [0.1, 0.15) is 12.1 Å². The number of aromatic nitrogens is 4. The van der Waals surface area contributed by atoms with E-state index in [9.17, 15) is 0 Å². The van der Waals surface area contributed by atoms with Gasteiger partial charge >= 0.3 is 0 Å². The van der Waals surface area contributed by atoms with E-state index in [4.69, 9.17) is 0 Å². The molecule has 1 aliphatic heterocycles. The van der Waals surface area contributed by atoms with E-state index in [-0.39, 0.29) is 0 Å². The summed E-state index contributed by atoms with van der Waals surface area (Å²) in [7, 11) is 0. The summed E-state index contributed by atoms with van der Waals surface area (Å²) < 4.78 is 2.10. The molecule has 0 aromatic carbocycles. The second kappa shape index (κ2) is 5.58. The predicted molar refractivity (Wildman–Crippen MR) is 77.3 cm³/mol. The van der Waals surface area contributed by atoms with Crippen molar-refractivity contribution in [1.29, 1.82) is 0 Å². The molecule has 3 heterocycles. The van der Waals surface area contributed by atoms with Crippen LogP contribution in [0.4, 0.5) is 5.82 Å². The molecule has 0 saturated carbocycles. The van der Waals surface area contributed by atoms with Crippen LogP contribution in [0.25, 0.3) is 0 Å². The van der Waals surface area contributed by atoms with Gasteiger partial charge in [-0.05, 0) is 17.7 Å². The van der Waals surface area contributed by atoms with Gasteiger partial charge in [0.2, 0.25) is 0 Å². The second-order valence-corrected chi connectivity index (χ2v) is 5.42. The zero-order valence-electron chi connectivity index (χ0n) is 12.0. The molecule has 6 nitrogen and oxygen atoms in total. The lowest BCUT2D eigenvalue weighted by Crippen LogP contribution is -2.34. The molecule has 0 saturated heterocycles. The first-order valence-corrected chi connectivity index (χ1v) is 7.02. The van der Waals surface area contributed by atoms with Gasteiger partial charge in [-0.3, -0.25) is 0 Å². The van der Waals surface area contributed by atoms with E-state index in [1.807, 2.05) is 6.20 Å². The molecule has 0 amide bonds. The number of fused-ring (bicyclic) bond motifs is 1. The van der Waals surface area contributed by atoms with Crippen molar-refractivity contribution in [2.45, 2.75) is 39.5 Å². The van der Waals surface area contributed by atoms with Crippen molar-refractivity contribution in [3.8, 4) is 0 Å². The van der Waals surface area contributed by atoms with Crippen LogP contribution in [0.3, 0.4) is 0 Å². The fraction of sp³-hybridized carbons (Fsp3) is 0.500. The van der Waals surface area contributed by atoms with E-state index in [1.54, 1.807) is 6.33 Å². The Balaban J connectivity index is 1.73.